The maximum absolute atomic E-state index is 13.6. The Kier molecular flexibility index (Phi) is 8.25. The van der Waals surface area contributed by atoms with Crippen molar-refractivity contribution in [2.75, 3.05) is 13.1 Å². The molecule has 4 nitrogen and oxygen atoms in total. The van der Waals surface area contributed by atoms with Crippen molar-refractivity contribution >= 4 is 23.4 Å². The molecule has 1 aliphatic heterocycles. The molecule has 3 aromatic rings. The molecule has 35 heavy (non-hydrogen) atoms. The second-order valence-corrected chi connectivity index (χ2v) is 9.84. The average molecular weight is 489 g/mol. The minimum atomic E-state index is -0.552. The summed E-state index contributed by atoms with van der Waals surface area (Å²) in [6, 6.07) is 24.9. The van der Waals surface area contributed by atoms with E-state index in [0.717, 1.165) is 35.4 Å². The van der Waals surface area contributed by atoms with Gasteiger partial charge in [0.2, 0.25) is 5.91 Å². The van der Waals surface area contributed by atoms with E-state index in [4.69, 9.17) is 11.6 Å². The molecule has 3 aromatic carbocycles. The number of hydrogen-bond acceptors (Lipinski definition) is 2. The first-order chi connectivity index (χ1) is 17.0. The van der Waals surface area contributed by atoms with E-state index >= 15 is 0 Å². The molecule has 0 spiro atoms. The Balaban J connectivity index is 1.47. The van der Waals surface area contributed by atoms with Crippen LogP contribution in [0.5, 0.6) is 0 Å². The normalized spacial score (nSPS) is 15.9. The fourth-order valence-electron chi connectivity index (χ4n) is 4.82. The minimum Gasteiger partial charge on any atom is -0.341 e. The largest absolute Gasteiger partial charge is 0.341 e. The number of hydrogen-bond donors (Lipinski definition) is 1. The molecule has 0 radical (unpaired) electrons. The fourth-order valence-corrected chi connectivity index (χ4v) is 4.94. The van der Waals surface area contributed by atoms with E-state index in [1.165, 1.54) is 5.56 Å². The molecule has 0 aromatic heterocycles. The molecular formula is C30H33ClN2O2. The molecule has 5 heteroatoms. The molecule has 0 aliphatic carbocycles. The van der Waals surface area contributed by atoms with E-state index < -0.39 is 6.04 Å². The van der Waals surface area contributed by atoms with Crippen LogP contribution in [-0.2, 0) is 4.79 Å². The first-order valence-electron chi connectivity index (χ1n) is 12.5. The van der Waals surface area contributed by atoms with Gasteiger partial charge in [-0.15, -0.1) is 0 Å². The Morgan fingerprint density at radius 2 is 1.57 bits per heavy atom. The van der Waals surface area contributed by atoms with Gasteiger partial charge in [0.1, 0.15) is 6.04 Å². The maximum Gasteiger partial charge on any atom is 0.252 e. The Morgan fingerprint density at radius 3 is 2.23 bits per heavy atom. The van der Waals surface area contributed by atoms with E-state index in [-0.39, 0.29) is 17.7 Å². The second kappa shape index (κ2) is 11.5. The van der Waals surface area contributed by atoms with Gasteiger partial charge in [0.15, 0.2) is 0 Å². The molecule has 1 fully saturated rings. The van der Waals surface area contributed by atoms with Gasteiger partial charge in [0.25, 0.3) is 5.91 Å². The first-order valence-corrected chi connectivity index (χ1v) is 12.8. The number of nitrogens with one attached hydrogen (secondary N) is 1. The molecular weight excluding hydrogens is 456 g/mol. The molecule has 4 rings (SSSR count). The molecule has 2 unspecified atom stereocenters. The summed E-state index contributed by atoms with van der Waals surface area (Å²) in [5.41, 5.74) is 3.70. The number of benzene rings is 3. The predicted molar refractivity (Wildman–Crippen MR) is 143 cm³/mol. The summed E-state index contributed by atoms with van der Waals surface area (Å²) in [4.78, 5) is 29.0. The predicted octanol–water partition coefficient (Wildman–Crippen LogP) is 6.56. The molecule has 1 aliphatic rings. The van der Waals surface area contributed by atoms with Crippen molar-refractivity contribution in [3.63, 3.8) is 0 Å². The van der Waals surface area contributed by atoms with Crippen molar-refractivity contribution in [1.29, 1.82) is 0 Å². The van der Waals surface area contributed by atoms with Crippen LogP contribution in [0.25, 0.3) is 11.1 Å². The Bertz CT molecular complexity index is 1140. The summed E-state index contributed by atoms with van der Waals surface area (Å²) < 4.78 is 0. The van der Waals surface area contributed by atoms with Crippen LogP contribution in [0.1, 0.15) is 54.9 Å². The summed E-state index contributed by atoms with van der Waals surface area (Å²) >= 11 is 6.04. The van der Waals surface area contributed by atoms with Crippen LogP contribution in [0.2, 0.25) is 5.02 Å². The van der Waals surface area contributed by atoms with E-state index in [0.29, 0.717) is 24.6 Å². The first kappa shape index (κ1) is 25.0. The highest BCUT2D eigenvalue weighted by atomic mass is 35.5. The topological polar surface area (TPSA) is 49.4 Å². The van der Waals surface area contributed by atoms with Crippen molar-refractivity contribution in [2.24, 2.45) is 5.92 Å². The Labute approximate surface area is 213 Å². The smallest absolute Gasteiger partial charge is 0.252 e. The van der Waals surface area contributed by atoms with Gasteiger partial charge in [-0.05, 0) is 59.6 Å². The van der Waals surface area contributed by atoms with Crippen LogP contribution in [0.3, 0.4) is 0 Å². The highest BCUT2D eigenvalue weighted by Crippen LogP contribution is 2.30. The highest BCUT2D eigenvalue weighted by molar-refractivity contribution is 6.30. The van der Waals surface area contributed by atoms with Crippen LogP contribution < -0.4 is 5.32 Å². The van der Waals surface area contributed by atoms with Crippen LogP contribution in [0, 0.1) is 5.92 Å². The van der Waals surface area contributed by atoms with E-state index in [9.17, 15) is 9.59 Å². The number of amides is 2. The zero-order valence-electron chi connectivity index (χ0n) is 20.4. The third kappa shape index (κ3) is 5.94. The van der Waals surface area contributed by atoms with Gasteiger partial charge < -0.3 is 10.2 Å². The number of carbonyl (C=O) groups excluding carboxylic acids is 2. The van der Waals surface area contributed by atoms with E-state index in [2.05, 4.69) is 24.4 Å². The molecule has 0 bridgehead atoms. The quantitative estimate of drug-likeness (QED) is 0.409. The lowest BCUT2D eigenvalue weighted by Crippen LogP contribution is -2.53. The lowest BCUT2D eigenvalue weighted by Gasteiger charge is -2.36. The second-order valence-electron chi connectivity index (χ2n) is 9.40. The molecule has 2 atom stereocenters. The zero-order valence-corrected chi connectivity index (χ0v) is 21.2. The third-order valence-electron chi connectivity index (χ3n) is 7.17. The Morgan fingerprint density at radius 1 is 0.943 bits per heavy atom. The maximum atomic E-state index is 13.6. The number of carbonyl (C=O) groups is 2. The van der Waals surface area contributed by atoms with E-state index in [1.54, 1.807) is 0 Å². The summed E-state index contributed by atoms with van der Waals surface area (Å²) in [5, 5.41) is 3.83. The number of nitrogens with zero attached hydrogens (tertiary/aromatic N) is 1. The molecule has 1 saturated heterocycles. The molecule has 1 N–H and O–H groups in total. The SMILES string of the molecule is CCC(C)C(NC(=O)c1ccccc1-c1ccccc1)C(=O)N1CCC(c2ccc(Cl)cc2)CC1. The number of piperidine rings is 1. The minimum absolute atomic E-state index is 0.0134. The summed E-state index contributed by atoms with van der Waals surface area (Å²) in [5.74, 6) is 0.258. The molecule has 0 saturated carbocycles. The summed E-state index contributed by atoms with van der Waals surface area (Å²) in [6.45, 7) is 5.47. The zero-order chi connectivity index (χ0) is 24.8. The summed E-state index contributed by atoms with van der Waals surface area (Å²) in [7, 11) is 0. The average Bonchev–Trinajstić information content (AvgIpc) is 2.92. The lowest BCUT2D eigenvalue weighted by atomic mass is 9.88. The van der Waals surface area contributed by atoms with Crippen molar-refractivity contribution in [1.82, 2.24) is 10.2 Å². The number of rotatable bonds is 7. The Hall–Kier alpha value is -3.11. The monoisotopic (exact) mass is 488 g/mol. The molecule has 2 amide bonds. The molecule has 1 heterocycles. The number of halogens is 1. The van der Waals surface area contributed by atoms with Gasteiger partial charge >= 0.3 is 0 Å². The van der Waals surface area contributed by atoms with Crippen LogP contribution in [0.15, 0.2) is 78.9 Å². The van der Waals surface area contributed by atoms with Gasteiger partial charge in [0.05, 0.1) is 0 Å². The van der Waals surface area contributed by atoms with Gasteiger partial charge in [-0.2, -0.15) is 0 Å². The van der Waals surface area contributed by atoms with Gasteiger partial charge in [-0.25, -0.2) is 0 Å². The van der Waals surface area contributed by atoms with E-state index in [1.807, 2.05) is 78.6 Å². The van der Waals surface area contributed by atoms with Gasteiger partial charge in [-0.1, -0.05) is 92.5 Å². The van der Waals surface area contributed by atoms with Gasteiger partial charge in [-0.3, -0.25) is 9.59 Å². The molecule has 182 valence electrons. The van der Waals surface area contributed by atoms with Crippen LogP contribution in [-0.4, -0.2) is 35.8 Å². The van der Waals surface area contributed by atoms with Crippen LogP contribution >= 0.6 is 11.6 Å². The third-order valence-corrected chi connectivity index (χ3v) is 7.42. The van der Waals surface area contributed by atoms with Crippen molar-refractivity contribution in [3.8, 4) is 11.1 Å². The number of likely N-dealkylation sites (tertiary alicyclic amines) is 1. The lowest BCUT2D eigenvalue weighted by molar-refractivity contribution is -0.135. The fraction of sp³-hybridized carbons (Fsp3) is 0.333. The van der Waals surface area contributed by atoms with Crippen molar-refractivity contribution in [2.45, 2.75) is 45.1 Å². The van der Waals surface area contributed by atoms with Crippen molar-refractivity contribution < 1.29 is 9.59 Å². The van der Waals surface area contributed by atoms with Crippen molar-refractivity contribution in [3.05, 3.63) is 95.0 Å². The van der Waals surface area contributed by atoms with Crippen LogP contribution in [0.4, 0.5) is 0 Å². The summed E-state index contributed by atoms with van der Waals surface area (Å²) in [6.07, 6.45) is 2.62. The van der Waals surface area contributed by atoms with Gasteiger partial charge in [0, 0.05) is 23.7 Å². The standard InChI is InChI=1S/C30H33ClN2O2/c1-3-21(2)28(30(35)33-19-17-23(18-20-33)22-13-15-25(31)16-14-22)32-29(34)27-12-8-7-11-26(27)24-9-5-4-6-10-24/h4-16,21,23,28H,3,17-20H2,1-2H3,(H,32,34). The highest BCUT2D eigenvalue weighted by Gasteiger charge is 2.33.